The largest absolute Gasteiger partial charge is 0.379 e. The van der Waals surface area contributed by atoms with Gasteiger partial charge in [-0.15, -0.1) is 0 Å². The Morgan fingerprint density at radius 3 is 2.61 bits per heavy atom. The Morgan fingerprint density at radius 1 is 1.14 bits per heavy atom. The summed E-state index contributed by atoms with van der Waals surface area (Å²) >= 11 is 0. The highest BCUT2D eigenvalue weighted by Crippen LogP contribution is 2.21. The van der Waals surface area contributed by atoms with Gasteiger partial charge in [0.2, 0.25) is 5.91 Å². The number of morpholine rings is 1. The van der Waals surface area contributed by atoms with Gasteiger partial charge in [-0.3, -0.25) is 9.69 Å². The van der Waals surface area contributed by atoms with Crippen LogP contribution in [0.3, 0.4) is 0 Å². The number of carbonyl (C=O) groups is 1. The number of rotatable bonds is 8. The van der Waals surface area contributed by atoms with Gasteiger partial charge in [-0.2, -0.15) is 0 Å². The number of guanidine groups is 1. The standard InChI is InChI=1S/C21H33N5O2/c1-2-22-21(23-10-4-11-25-13-15-28-16-14-25)24-17-18-6-8-19(9-7-18)26-12-3-5-20(26)27/h6-9H,2-5,10-17H2,1H3,(H2,22,23,24). The van der Waals surface area contributed by atoms with Crippen LogP contribution in [0.2, 0.25) is 0 Å². The lowest BCUT2D eigenvalue weighted by molar-refractivity contribution is -0.117. The number of carbonyl (C=O) groups excluding carboxylic acids is 1. The average molecular weight is 388 g/mol. The van der Waals surface area contributed by atoms with Crippen LogP contribution in [0.5, 0.6) is 0 Å². The van der Waals surface area contributed by atoms with Crippen LogP contribution in [0.15, 0.2) is 29.3 Å². The number of nitrogens with zero attached hydrogens (tertiary/aromatic N) is 3. The van der Waals surface area contributed by atoms with Crippen LogP contribution in [0.25, 0.3) is 0 Å². The van der Waals surface area contributed by atoms with E-state index in [4.69, 9.17) is 9.73 Å². The molecular weight excluding hydrogens is 354 g/mol. The first-order valence-electron chi connectivity index (χ1n) is 10.5. The zero-order chi connectivity index (χ0) is 19.6. The van der Waals surface area contributed by atoms with Crippen LogP contribution in [0, 0.1) is 0 Å². The first-order valence-corrected chi connectivity index (χ1v) is 10.5. The Bertz CT molecular complexity index is 641. The molecule has 1 aromatic carbocycles. The molecule has 7 heteroatoms. The van der Waals surface area contributed by atoms with Crippen molar-refractivity contribution in [3.63, 3.8) is 0 Å². The quantitative estimate of drug-likeness (QED) is 0.403. The third-order valence-electron chi connectivity index (χ3n) is 5.13. The van der Waals surface area contributed by atoms with Crippen LogP contribution in [-0.2, 0) is 16.1 Å². The molecule has 2 aliphatic rings. The van der Waals surface area contributed by atoms with Gasteiger partial charge in [-0.05, 0) is 44.0 Å². The summed E-state index contributed by atoms with van der Waals surface area (Å²) < 4.78 is 5.39. The lowest BCUT2D eigenvalue weighted by Gasteiger charge is -2.26. The maximum Gasteiger partial charge on any atom is 0.227 e. The van der Waals surface area contributed by atoms with E-state index in [1.807, 2.05) is 17.0 Å². The average Bonchev–Trinajstić information content (AvgIpc) is 3.16. The van der Waals surface area contributed by atoms with Crippen LogP contribution in [-0.4, -0.2) is 69.2 Å². The molecule has 0 saturated carbocycles. The molecule has 3 rings (SSSR count). The first-order chi connectivity index (χ1) is 13.8. The minimum absolute atomic E-state index is 0.224. The molecule has 2 fully saturated rings. The topological polar surface area (TPSA) is 69.2 Å². The Morgan fingerprint density at radius 2 is 1.93 bits per heavy atom. The molecule has 2 N–H and O–H groups in total. The molecule has 0 spiro atoms. The van der Waals surface area contributed by atoms with Crippen molar-refractivity contribution in [3.8, 4) is 0 Å². The third-order valence-corrected chi connectivity index (χ3v) is 5.13. The highest BCUT2D eigenvalue weighted by Gasteiger charge is 2.21. The van der Waals surface area contributed by atoms with Crippen molar-refractivity contribution in [1.82, 2.24) is 15.5 Å². The van der Waals surface area contributed by atoms with Gasteiger partial charge in [0, 0.05) is 44.8 Å². The van der Waals surface area contributed by atoms with Gasteiger partial charge in [0.05, 0.1) is 19.8 Å². The normalized spacial score (nSPS) is 18.5. The summed E-state index contributed by atoms with van der Waals surface area (Å²) in [5.41, 5.74) is 2.13. The monoisotopic (exact) mass is 387 g/mol. The van der Waals surface area contributed by atoms with Crippen LogP contribution in [0.4, 0.5) is 5.69 Å². The van der Waals surface area contributed by atoms with E-state index in [9.17, 15) is 4.79 Å². The highest BCUT2D eigenvalue weighted by molar-refractivity contribution is 5.95. The second-order valence-electron chi connectivity index (χ2n) is 7.24. The molecule has 2 saturated heterocycles. The molecular formula is C21H33N5O2. The second-order valence-corrected chi connectivity index (χ2v) is 7.24. The van der Waals surface area contributed by atoms with Gasteiger partial charge >= 0.3 is 0 Å². The predicted octanol–water partition coefficient (Wildman–Crippen LogP) is 1.59. The van der Waals surface area contributed by atoms with E-state index in [1.54, 1.807) is 0 Å². The fourth-order valence-corrected chi connectivity index (χ4v) is 3.55. The molecule has 28 heavy (non-hydrogen) atoms. The molecule has 0 radical (unpaired) electrons. The lowest BCUT2D eigenvalue weighted by atomic mass is 10.2. The van der Waals surface area contributed by atoms with Crippen LogP contribution < -0.4 is 15.5 Å². The lowest BCUT2D eigenvalue weighted by Crippen LogP contribution is -2.40. The van der Waals surface area contributed by atoms with Crippen molar-refractivity contribution < 1.29 is 9.53 Å². The molecule has 0 aromatic heterocycles. The van der Waals surface area contributed by atoms with Crippen molar-refractivity contribution in [2.45, 2.75) is 32.7 Å². The van der Waals surface area contributed by atoms with E-state index in [1.165, 1.54) is 0 Å². The SMILES string of the molecule is CCNC(=NCc1ccc(N2CCCC2=O)cc1)NCCCN1CCOCC1. The van der Waals surface area contributed by atoms with Crippen LogP contribution >= 0.6 is 0 Å². The molecule has 2 heterocycles. The van der Waals surface area contributed by atoms with Gasteiger partial charge in [0.1, 0.15) is 0 Å². The van der Waals surface area contributed by atoms with Gasteiger partial charge in [0.25, 0.3) is 0 Å². The highest BCUT2D eigenvalue weighted by atomic mass is 16.5. The Hall–Kier alpha value is -2.12. The number of nitrogens with one attached hydrogen (secondary N) is 2. The zero-order valence-electron chi connectivity index (χ0n) is 17.0. The van der Waals surface area contributed by atoms with E-state index in [-0.39, 0.29) is 5.91 Å². The second kappa shape index (κ2) is 11.0. The molecule has 1 aromatic rings. The van der Waals surface area contributed by atoms with Gasteiger partial charge in [-0.25, -0.2) is 4.99 Å². The summed E-state index contributed by atoms with van der Waals surface area (Å²) in [6, 6.07) is 8.17. The summed E-state index contributed by atoms with van der Waals surface area (Å²) in [4.78, 5) is 20.9. The summed E-state index contributed by atoms with van der Waals surface area (Å²) in [7, 11) is 0. The van der Waals surface area contributed by atoms with Crippen LogP contribution in [0.1, 0.15) is 31.7 Å². The fourth-order valence-electron chi connectivity index (χ4n) is 3.55. The van der Waals surface area contributed by atoms with E-state index in [0.29, 0.717) is 13.0 Å². The molecule has 0 unspecified atom stereocenters. The number of amides is 1. The molecule has 1 amide bonds. The number of hydrogen-bond donors (Lipinski definition) is 2. The summed E-state index contributed by atoms with van der Waals surface area (Å²) in [5, 5.41) is 6.73. The number of ether oxygens (including phenoxy) is 1. The number of benzene rings is 1. The Kier molecular flexibility index (Phi) is 8.11. The van der Waals surface area contributed by atoms with Crippen molar-refractivity contribution in [2.24, 2.45) is 4.99 Å². The fraction of sp³-hybridized carbons (Fsp3) is 0.619. The predicted molar refractivity (Wildman–Crippen MR) is 113 cm³/mol. The maximum absolute atomic E-state index is 11.9. The van der Waals surface area contributed by atoms with Gasteiger partial charge in [-0.1, -0.05) is 12.1 Å². The summed E-state index contributed by atoms with van der Waals surface area (Å²) in [6.07, 6.45) is 2.70. The van der Waals surface area contributed by atoms with E-state index >= 15 is 0 Å². The minimum Gasteiger partial charge on any atom is -0.379 e. The number of hydrogen-bond acceptors (Lipinski definition) is 4. The number of aliphatic imine (C=N–C) groups is 1. The molecule has 0 aliphatic carbocycles. The Labute approximate surface area is 168 Å². The summed E-state index contributed by atoms with van der Waals surface area (Å²) in [5.74, 6) is 1.07. The number of anilines is 1. The maximum atomic E-state index is 11.9. The van der Waals surface area contributed by atoms with Crippen molar-refractivity contribution in [1.29, 1.82) is 0 Å². The molecule has 7 nitrogen and oxygen atoms in total. The third kappa shape index (κ3) is 6.21. The van der Waals surface area contributed by atoms with Crippen molar-refractivity contribution in [2.75, 3.05) is 57.4 Å². The van der Waals surface area contributed by atoms with E-state index in [0.717, 1.165) is 82.5 Å². The van der Waals surface area contributed by atoms with E-state index < -0.39 is 0 Å². The molecule has 2 aliphatic heterocycles. The Balaban J connectivity index is 1.44. The summed E-state index contributed by atoms with van der Waals surface area (Å²) in [6.45, 7) is 10.1. The first kappa shape index (κ1) is 20.6. The van der Waals surface area contributed by atoms with Crippen molar-refractivity contribution >= 4 is 17.6 Å². The van der Waals surface area contributed by atoms with Gasteiger partial charge < -0.3 is 20.3 Å². The molecule has 0 atom stereocenters. The smallest absolute Gasteiger partial charge is 0.227 e. The molecule has 154 valence electrons. The molecule has 0 bridgehead atoms. The van der Waals surface area contributed by atoms with E-state index in [2.05, 4.69) is 34.6 Å². The van der Waals surface area contributed by atoms with Gasteiger partial charge in [0.15, 0.2) is 5.96 Å². The zero-order valence-corrected chi connectivity index (χ0v) is 17.0. The minimum atomic E-state index is 0.224. The van der Waals surface area contributed by atoms with Crippen molar-refractivity contribution in [3.05, 3.63) is 29.8 Å².